The van der Waals surface area contributed by atoms with Gasteiger partial charge in [0.05, 0.1) is 0 Å². The molecule has 4 nitrogen and oxygen atoms in total. The van der Waals surface area contributed by atoms with Crippen LogP contribution in [0.2, 0.25) is 0 Å². The van der Waals surface area contributed by atoms with Crippen LogP contribution in [0.4, 0.5) is 0 Å². The highest BCUT2D eigenvalue weighted by atomic mass is 32.2. The van der Waals surface area contributed by atoms with E-state index in [-0.39, 0.29) is 16.9 Å². The molecule has 0 aromatic carbocycles. The number of amides is 1. The minimum absolute atomic E-state index is 0.195. The minimum atomic E-state index is -0.279. The van der Waals surface area contributed by atoms with Crippen molar-refractivity contribution < 1.29 is 4.79 Å². The van der Waals surface area contributed by atoms with Crippen molar-refractivity contribution in [1.82, 2.24) is 10.3 Å². The van der Waals surface area contributed by atoms with Crippen molar-refractivity contribution in [2.24, 2.45) is 0 Å². The molecule has 1 aromatic rings. The van der Waals surface area contributed by atoms with E-state index in [9.17, 15) is 9.59 Å². The van der Waals surface area contributed by atoms with E-state index in [0.717, 1.165) is 23.1 Å². The minimum Gasteiger partial charge on any atom is -0.364 e. The molecule has 0 saturated heterocycles. The fourth-order valence-electron chi connectivity index (χ4n) is 2.60. The third-order valence-electron chi connectivity index (χ3n) is 3.81. The standard InChI is InChI=1S/C16H24N2O2S/c1-12-10-15(19)14(11-18-12)16(20)17-8-5-9-21-13-6-3-2-4-7-13/h10-11,13H,2-9H2,1H3,(H,17,20)(H,18,19). The Labute approximate surface area is 130 Å². The fourth-order valence-corrected chi connectivity index (χ4v) is 3.91. The van der Waals surface area contributed by atoms with Gasteiger partial charge >= 0.3 is 0 Å². The molecule has 0 unspecified atom stereocenters. The van der Waals surface area contributed by atoms with Crippen molar-refractivity contribution in [2.75, 3.05) is 12.3 Å². The molecule has 0 bridgehead atoms. The van der Waals surface area contributed by atoms with Gasteiger partial charge in [-0.25, -0.2) is 0 Å². The molecule has 0 radical (unpaired) electrons. The highest BCUT2D eigenvalue weighted by Crippen LogP contribution is 2.28. The molecule has 1 amide bonds. The van der Waals surface area contributed by atoms with E-state index in [1.807, 2.05) is 11.8 Å². The molecular weight excluding hydrogens is 284 g/mol. The predicted molar refractivity (Wildman–Crippen MR) is 88.1 cm³/mol. The first-order valence-electron chi connectivity index (χ1n) is 7.76. The van der Waals surface area contributed by atoms with Crippen LogP contribution >= 0.6 is 11.8 Å². The van der Waals surface area contributed by atoms with Gasteiger partial charge in [-0.15, -0.1) is 0 Å². The SMILES string of the molecule is Cc1cc(=O)c(C(=O)NCCCSC2CCCCC2)c[nH]1. The number of aromatic amines is 1. The summed E-state index contributed by atoms with van der Waals surface area (Å²) in [5, 5.41) is 3.64. The van der Waals surface area contributed by atoms with Crippen LogP contribution in [0.25, 0.3) is 0 Å². The Bertz CT molecular complexity index is 521. The van der Waals surface area contributed by atoms with Gasteiger partial charge < -0.3 is 10.3 Å². The van der Waals surface area contributed by atoms with Gasteiger partial charge in [-0.2, -0.15) is 11.8 Å². The zero-order valence-corrected chi connectivity index (χ0v) is 13.4. The highest BCUT2D eigenvalue weighted by Gasteiger charge is 2.13. The molecule has 116 valence electrons. The molecule has 1 aromatic heterocycles. The summed E-state index contributed by atoms with van der Waals surface area (Å²) >= 11 is 2.03. The third kappa shape index (κ3) is 5.23. The maximum atomic E-state index is 11.9. The van der Waals surface area contributed by atoms with Crippen molar-refractivity contribution in [2.45, 2.75) is 50.7 Å². The Hall–Kier alpha value is -1.23. The second-order valence-electron chi connectivity index (χ2n) is 5.63. The van der Waals surface area contributed by atoms with Gasteiger partial charge in [-0.05, 0) is 31.9 Å². The number of thioether (sulfide) groups is 1. The number of rotatable bonds is 6. The molecule has 5 heteroatoms. The summed E-state index contributed by atoms with van der Waals surface area (Å²) < 4.78 is 0. The second kappa shape index (κ2) is 8.27. The topological polar surface area (TPSA) is 62.0 Å². The molecule has 0 spiro atoms. The summed E-state index contributed by atoms with van der Waals surface area (Å²) in [5.74, 6) is 0.800. The van der Waals surface area contributed by atoms with Crippen LogP contribution in [0.15, 0.2) is 17.1 Å². The van der Waals surface area contributed by atoms with E-state index in [2.05, 4.69) is 10.3 Å². The molecule has 1 heterocycles. The number of hydrogen-bond acceptors (Lipinski definition) is 3. The summed E-state index contributed by atoms with van der Waals surface area (Å²) in [4.78, 5) is 26.5. The van der Waals surface area contributed by atoms with E-state index in [0.29, 0.717) is 6.54 Å². The Morgan fingerprint density at radius 2 is 2.14 bits per heavy atom. The Morgan fingerprint density at radius 3 is 2.86 bits per heavy atom. The second-order valence-corrected chi connectivity index (χ2v) is 7.04. The van der Waals surface area contributed by atoms with Gasteiger partial charge in [-0.1, -0.05) is 19.3 Å². The van der Waals surface area contributed by atoms with E-state index >= 15 is 0 Å². The molecular formula is C16H24N2O2S. The first kappa shape index (κ1) is 16.1. The number of aryl methyl sites for hydroxylation is 1. The van der Waals surface area contributed by atoms with Crippen LogP contribution in [-0.2, 0) is 0 Å². The Kier molecular flexibility index (Phi) is 6.36. The van der Waals surface area contributed by atoms with Gasteiger partial charge in [0.2, 0.25) is 0 Å². The van der Waals surface area contributed by atoms with Crippen LogP contribution in [0.3, 0.4) is 0 Å². The van der Waals surface area contributed by atoms with Gasteiger partial charge in [0, 0.05) is 29.8 Å². The number of H-pyrrole nitrogens is 1. The first-order chi connectivity index (χ1) is 10.2. The van der Waals surface area contributed by atoms with E-state index in [1.54, 1.807) is 6.92 Å². The van der Waals surface area contributed by atoms with E-state index in [1.165, 1.54) is 44.4 Å². The normalized spacial score (nSPS) is 15.9. The number of hydrogen-bond donors (Lipinski definition) is 2. The highest BCUT2D eigenvalue weighted by molar-refractivity contribution is 7.99. The molecule has 0 aliphatic heterocycles. The van der Waals surface area contributed by atoms with Gasteiger partial charge in [-0.3, -0.25) is 9.59 Å². The van der Waals surface area contributed by atoms with Gasteiger partial charge in [0.1, 0.15) is 5.56 Å². The summed E-state index contributed by atoms with van der Waals surface area (Å²) in [6.45, 7) is 2.43. The lowest BCUT2D eigenvalue weighted by atomic mass is 10.0. The summed E-state index contributed by atoms with van der Waals surface area (Å²) in [5.41, 5.74) is 0.737. The summed E-state index contributed by atoms with van der Waals surface area (Å²) in [6.07, 6.45) is 9.25. The monoisotopic (exact) mass is 308 g/mol. The first-order valence-corrected chi connectivity index (χ1v) is 8.81. The van der Waals surface area contributed by atoms with Crippen LogP contribution in [0, 0.1) is 6.92 Å². The quantitative estimate of drug-likeness (QED) is 0.794. The van der Waals surface area contributed by atoms with Crippen molar-refractivity contribution in [1.29, 1.82) is 0 Å². The van der Waals surface area contributed by atoms with Gasteiger partial charge in [0.25, 0.3) is 5.91 Å². The molecule has 2 rings (SSSR count). The molecule has 1 fully saturated rings. The molecule has 21 heavy (non-hydrogen) atoms. The van der Waals surface area contributed by atoms with Crippen molar-refractivity contribution in [3.05, 3.63) is 33.7 Å². The maximum Gasteiger partial charge on any atom is 0.256 e. The summed E-state index contributed by atoms with van der Waals surface area (Å²) in [7, 11) is 0. The average Bonchev–Trinajstić information content (AvgIpc) is 2.47. The maximum absolute atomic E-state index is 11.9. The largest absolute Gasteiger partial charge is 0.364 e. The molecule has 1 saturated carbocycles. The zero-order chi connectivity index (χ0) is 15.1. The lowest BCUT2D eigenvalue weighted by Gasteiger charge is -2.20. The summed E-state index contributed by atoms with van der Waals surface area (Å²) in [6, 6.07) is 1.45. The third-order valence-corrected chi connectivity index (χ3v) is 5.28. The van der Waals surface area contributed by atoms with Crippen molar-refractivity contribution >= 4 is 17.7 Å². The van der Waals surface area contributed by atoms with Crippen LogP contribution < -0.4 is 10.7 Å². The van der Waals surface area contributed by atoms with E-state index < -0.39 is 0 Å². The lowest BCUT2D eigenvalue weighted by molar-refractivity contribution is 0.0952. The Morgan fingerprint density at radius 1 is 1.38 bits per heavy atom. The lowest BCUT2D eigenvalue weighted by Crippen LogP contribution is -2.29. The van der Waals surface area contributed by atoms with Crippen molar-refractivity contribution in [3.63, 3.8) is 0 Å². The van der Waals surface area contributed by atoms with Crippen LogP contribution in [-0.4, -0.2) is 28.4 Å². The molecule has 1 aliphatic carbocycles. The predicted octanol–water partition coefficient (Wildman–Crippen LogP) is 2.87. The number of pyridine rings is 1. The molecule has 1 aliphatic rings. The molecule has 0 atom stereocenters. The van der Waals surface area contributed by atoms with Crippen molar-refractivity contribution in [3.8, 4) is 0 Å². The number of nitrogens with one attached hydrogen (secondary N) is 2. The number of aromatic nitrogens is 1. The smallest absolute Gasteiger partial charge is 0.256 e. The Balaban J connectivity index is 1.66. The van der Waals surface area contributed by atoms with E-state index in [4.69, 9.17) is 0 Å². The average molecular weight is 308 g/mol. The van der Waals surface area contributed by atoms with Crippen LogP contribution in [0.1, 0.15) is 54.6 Å². The number of carbonyl (C=O) groups is 1. The number of carbonyl (C=O) groups excluding carboxylic acids is 1. The fraction of sp³-hybridized carbons (Fsp3) is 0.625. The molecule has 2 N–H and O–H groups in total. The zero-order valence-electron chi connectivity index (χ0n) is 12.6. The van der Waals surface area contributed by atoms with Gasteiger partial charge in [0.15, 0.2) is 5.43 Å². The van der Waals surface area contributed by atoms with Crippen LogP contribution in [0.5, 0.6) is 0 Å².